The van der Waals surface area contributed by atoms with E-state index in [2.05, 4.69) is 10.2 Å². The van der Waals surface area contributed by atoms with Crippen LogP contribution in [-0.2, 0) is 6.42 Å². The summed E-state index contributed by atoms with van der Waals surface area (Å²) in [5, 5.41) is 7.23. The van der Waals surface area contributed by atoms with Crippen LogP contribution in [0, 0.1) is 5.82 Å². The van der Waals surface area contributed by atoms with Crippen LogP contribution in [0.25, 0.3) is 11.3 Å². The Morgan fingerprint density at radius 1 is 1.06 bits per heavy atom. The van der Waals surface area contributed by atoms with Gasteiger partial charge in [0.05, 0.1) is 32.6 Å². The predicted molar refractivity (Wildman–Crippen MR) is 115 cm³/mol. The average Bonchev–Trinajstić information content (AvgIpc) is 3.26. The highest BCUT2D eigenvalue weighted by molar-refractivity contribution is 5.98. The minimum atomic E-state index is -0.298. The van der Waals surface area contributed by atoms with Crippen LogP contribution in [0.15, 0.2) is 42.5 Å². The quantitative estimate of drug-likeness (QED) is 0.560. The van der Waals surface area contributed by atoms with Crippen LogP contribution < -0.4 is 14.2 Å². The van der Waals surface area contributed by atoms with E-state index in [1.165, 1.54) is 33.5 Å². The highest BCUT2D eigenvalue weighted by Crippen LogP contribution is 2.40. The molecule has 1 N–H and O–H groups in total. The molecule has 0 spiro atoms. The van der Waals surface area contributed by atoms with E-state index in [4.69, 9.17) is 14.2 Å². The van der Waals surface area contributed by atoms with E-state index >= 15 is 0 Å². The van der Waals surface area contributed by atoms with Gasteiger partial charge in [0.1, 0.15) is 5.82 Å². The maximum atomic E-state index is 13.4. The number of aryl methyl sites for hydroxylation is 1. The molecule has 7 nitrogen and oxygen atoms in total. The van der Waals surface area contributed by atoms with E-state index in [9.17, 15) is 9.18 Å². The van der Waals surface area contributed by atoms with Crippen LogP contribution in [0.1, 0.15) is 22.5 Å². The molecule has 1 aromatic heterocycles. The first-order valence-electron chi connectivity index (χ1n) is 9.83. The summed E-state index contributed by atoms with van der Waals surface area (Å²) in [6.45, 7) is 0.532. The first-order valence-corrected chi connectivity index (χ1v) is 9.83. The molecule has 0 saturated heterocycles. The van der Waals surface area contributed by atoms with Crippen molar-refractivity contribution in [1.29, 1.82) is 0 Å². The van der Waals surface area contributed by atoms with Crippen molar-refractivity contribution in [3.8, 4) is 28.5 Å². The minimum Gasteiger partial charge on any atom is -0.493 e. The molecular weight excluding hydrogens is 401 g/mol. The topological polar surface area (TPSA) is 76.7 Å². The maximum Gasteiger partial charge on any atom is 0.257 e. The number of aromatic nitrogens is 2. The number of ether oxygens (including phenoxy) is 3. The van der Waals surface area contributed by atoms with Crippen molar-refractivity contribution in [2.75, 3.05) is 34.9 Å². The van der Waals surface area contributed by atoms with Crippen molar-refractivity contribution in [3.63, 3.8) is 0 Å². The Morgan fingerprint density at radius 2 is 1.84 bits per heavy atom. The second-order valence-electron chi connectivity index (χ2n) is 7.00. The fraction of sp³-hybridized carbons (Fsp3) is 0.304. The van der Waals surface area contributed by atoms with E-state index in [-0.39, 0.29) is 11.7 Å². The number of nitrogens with zero attached hydrogens (tertiary/aromatic N) is 2. The third-order valence-corrected chi connectivity index (χ3v) is 4.97. The van der Waals surface area contributed by atoms with Gasteiger partial charge in [-0.25, -0.2) is 4.39 Å². The summed E-state index contributed by atoms with van der Waals surface area (Å²) in [4.78, 5) is 14.6. The summed E-state index contributed by atoms with van der Waals surface area (Å²) < 4.78 is 29.5. The third-order valence-electron chi connectivity index (χ3n) is 4.97. The van der Waals surface area contributed by atoms with Crippen LogP contribution in [0.4, 0.5) is 4.39 Å². The first-order chi connectivity index (χ1) is 15.0. The summed E-state index contributed by atoms with van der Waals surface area (Å²) in [5.41, 5.74) is 2.73. The Morgan fingerprint density at radius 3 is 2.52 bits per heavy atom. The van der Waals surface area contributed by atoms with E-state index in [0.29, 0.717) is 41.5 Å². The third kappa shape index (κ3) is 4.96. The van der Waals surface area contributed by atoms with Gasteiger partial charge in [0, 0.05) is 24.8 Å². The molecule has 0 aliphatic heterocycles. The zero-order valence-electron chi connectivity index (χ0n) is 18.1. The monoisotopic (exact) mass is 427 g/mol. The number of rotatable bonds is 9. The number of hydrogen-bond acceptors (Lipinski definition) is 5. The number of halogens is 1. The van der Waals surface area contributed by atoms with E-state index in [1.54, 1.807) is 30.1 Å². The lowest BCUT2D eigenvalue weighted by Gasteiger charge is -2.20. The second-order valence-corrected chi connectivity index (χ2v) is 7.00. The van der Waals surface area contributed by atoms with Crippen LogP contribution in [0.2, 0.25) is 0 Å². The number of methoxy groups -OCH3 is 3. The van der Waals surface area contributed by atoms with Crippen LogP contribution in [-0.4, -0.2) is 55.9 Å². The van der Waals surface area contributed by atoms with Crippen LogP contribution >= 0.6 is 0 Å². The van der Waals surface area contributed by atoms with Gasteiger partial charge in [-0.05, 0) is 43.2 Å². The molecule has 3 rings (SSSR count). The molecule has 2 aromatic carbocycles. The number of H-pyrrole nitrogens is 1. The highest BCUT2D eigenvalue weighted by Gasteiger charge is 2.22. The zero-order chi connectivity index (χ0) is 22.4. The first kappa shape index (κ1) is 22.1. The zero-order valence-corrected chi connectivity index (χ0v) is 18.1. The molecular formula is C23H26FN3O4. The molecule has 0 saturated carbocycles. The largest absolute Gasteiger partial charge is 0.493 e. The normalized spacial score (nSPS) is 10.6. The summed E-state index contributed by atoms with van der Waals surface area (Å²) in [7, 11) is 6.26. The lowest BCUT2D eigenvalue weighted by Crippen LogP contribution is -2.28. The molecule has 0 bridgehead atoms. The summed E-state index contributed by atoms with van der Waals surface area (Å²) in [5.74, 6) is 0.737. The molecule has 31 heavy (non-hydrogen) atoms. The van der Waals surface area contributed by atoms with Gasteiger partial charge in [0.2, 0.25) is 5.75 Å². The number of aromatic amines is 1. The number of benzene rings is 2. The lowest BCUT2D eigenvalue weighted by molar-refractivity contribution is 0.0789. The number of nitrogens with one attached hydrogen (secondary N) is 1. The Kier molecular flexibility index (Phi) is 7.12. The fourth-order valence-corrected chi connectivity index (χ4v) is 3.37. The van der Waals surface area contributed by atoms with E-state index in [1.807, 2.05) is 12.1 Å². The molecule has 0 unspecified atom stereocenters. The summed E-state index contributed by atoms with van der Waals surface area (Å²) in [6, 6.07) is 11.6. The van der Waals surface area contributed by atoms with Crippen molar-refractivity contribution >= 4 is 5.91 Å². The van der Waals surface area contributed by atoms with Gasteiger partial charge in [0.25, 0.3) is 5.91 Å². The van der Waals surface area contributed by atoms with Crippen LogP contribution in [0.5, 0.6) is 17.2 Å². The van der Waals surface area contributed by atoms with Gasteiger partial charge >= 0.3 is 0 Å². The van der Waals surface area contributed by atoms with Crippen LogP contribution in [0.3, 0.4) is 0 Å². The van der Waals surface area contributed by atoms with E-state index < -0.39 is 0 Å². The molecule has 0 aliphatic rings. The van der Waals surface area contributed by atoms with Gasteiger partial charge < -0.3 is 19.1 Å². The lowest BCUT2D eigenvalue weighted by atomic mass is 10.1. The number of hydrogen-bond donors (Lipinski definition) is 1. The van der Waals surface area contributed by atoms with Gasteiger partial charge in [-0.15, -0.1) is 0 Å². The molecule has 1 heterocycles. The van der Waals surface area contributed by atoms with Gasteiger partial charge in [-0.1, -0.05) is 12.1 Å². The van der Waals surface area contributed by atoms with Gasteiger partial charge in [-0.2, -0.15) is 5.10 Å². The Bertz CT molecular complexity index is 1050. The number of carbonyl (C=O) groups is 1. The minimum absolute atomic E-state index is 0.178. The molecule has 0 fully saturated rings. The van der Waals surface area contributed by atoms with Crippen molar-refractivity contribution in [1.82, 2.24) is 15.1 Å². The Labute approximate surface area is 180 Å². The standard InChI is InChI=1S/C23H26FN3O4/c1-27(23(28)18-10-11-20(29-2)22(31-4)21(18)30-3)12-6-9-17-14-19(26-25-17)15-7-5-8-16(24)13-15/h5,7-8,10-11,13-14H,6,9,12H2,1-4H3,(H,25,26). The molecule has 1 amide bonds. The van der Waals surface area contributed by atoms with Gasteiger partial charge in [0.15, 0.2) is 11.5 Å². The summed E-state index contributed by atoms with van der Waals surface area (Å²) in [6.07, 6.45) is 1.42. The average molecular weight is 427 g/mol. The number of amides is 1. The summed E-state index contributed by atoms with van der Waals surface area (Å²) >= 11 is 0. The molecule has 8 heteroatoms. The van der Waals surface area contributed by atoms with Crippen molar-refractivity contribution in [2.45, 2.75) is 12.8 Å². The molecule has 0 radical (unpaired) electrons. The molecule has 3 aromatic rings. The van der Waals surface area contributed by atoms with Crippen molar-refractivity contribution in [3.05, 3.63) is 59.5 Å². The SMILES string of the molecule is COc1ccc(C(=O)N(C)CCCc2cc(-c3cccc(F)c3)n[nH]2)c(OC)c1OC. The molecule has 164 valence electrons. The van der Waals surface area contributed by atoms with Crippen molar-refractivity contribution in [2.24, 2.45) is 0 Å². The highest BCUT2D eigenvalue weighted by atomic mass is 19.1. The number of carbonyl (C=O) groups excluding carboxylic acids is 1. The molecule has 0 atom stereocenters. The second kappa shape index (κ2) is 9.97. The van der Waals surface area contributed by atoms with E-state index in [0.717, 1.165) is 17.7 Å². The smallest absolute Gasteiger partial charge is 0.257 e. The Hall–Kier alpha value is -3.55. The van der Waals surface area contributed by atoms with Gasteiger partial charge in [-0.3, -0.25) is 9.89 Å². The molecule has 0 aliphatic carbocycles. The predicted octanol–water partition coefficient (Wildman–Crippen LogP) is 3.95. The van der Waals surface area contributed by atoms with Crippen molar-refractivity contribution < 1.29 is 23.4 Å². The fourth-order valence-electron chi connectivity index (χ4n) is 3.37. The Balaban J connectivity index is 1.63. The maximum absolute atomic E-state index is 13.4.